The molecular weight excluding hydrogens is 603 g/mol. The van der Waals surface area contributed by atoms with E-state index in [1.54, 1.807) is 0 Å². The first-order chi connectivity index (χ1) is 24.2. The number of nitrogens with zero attached hydrogens (tertiary/aromatic N) is 3. The standard InChI is InChI=1S/C44H29N3O2/c1-45-44(47-43(46-27-28-11-3-2-4-12-28)32-21-22-40-36(24-32)34-15-7-9-17-38(34)48-40)37-25-33(31-20-19-29-13-5-6-14-30(29)23-31)26-41-42(37)35-16-8-10-18-39(35)49-41/h2-26H,1,27H2. The first kappa shape index (κ1) is 28.6. The van der Waals surface area contributed by atoms with Crippen LogP contribution in [0.4, 0.5) is 0 Å². The Labute approximate surface area is 282 Å². The maximum absolute atomic E-state index is 6.45. The lowest BCUT2D eigenvalue weighted by Crippen LogP contribution is -2.06. The lowest BCUT2D eigenvalue weighted by Gasteiger charge is -2.10. The predicted octanol–water partition coefficient (Wildman–Crippen LogP) is 11.4. The zero-order valence-corrected chi connectivity index (χ0v) is 26.5. The summed E-state index contributed by atoms with van der Waals surface area (Å²) in [6.45, 7) is 4.47. The molecule has 7 aromatic carbocycles. The van der Waals surface area contributed by atoms with Crippen molar-refractivity contribution in [2.24, 2.45) is 15.0 Å². The minimum absolute atomic E-state index is 0.454. The number of rotatable bonds is 5. The van der Waals surface area contributed by atoms with Gasteiger partial charge in [0.25, 0.3) is 0 Å². The van der Waals surface area contributed by atoms with Crippen molar-refractivity contribution in [3.05, 3.63) is 168 Å². The van der Waals surface area contributed by atoms with Gasteiger partial charge in [-0.1, -0.05) is 103 Å². The van der Waals surface area contributed by atoms with Gasteiger partial charge in [0, 0.05) is 32.7 Å². The van der Waals surface area contributed by atoms with Crippen LogP contribution in [0, 0.1) is 0 Å². The summed E-state index contributed by atoms with van der Waals surface area (Å²) >= 11 is 0. The highest BCUT2D eigenvalue weighted by molar-refractivity contribution is 6.23. The van der Waals surface area contributed by atoms with E-state index in [1.807, 2.05) is 66.7 Å². The first-order valence-electron chi connectivity index (χ1n) is 16.2. The molecule has 0 fully saturated rings. The maximum atomic E-state index is 6.45. The molecule has 0 aliphatic carbocycles. The Morgan fingerprint density at radius 2 is 1.20 bits per heavy atom. The van der Waals surface area contributed by atoms with Crippen LogP contribution in [-0.4, -0.2) is 18.4 Å². The van der Waals surface area contributed by atoms with E-state index in [-0.39, 0.29) is 0 Å². The molecule has 0 aliphatic rings. The van der Waals surface area contributed by atoms with Crippen molar-refractivity contribution >= 4 is 73.0 Å². The van der Waals surface area contributed by atoms with Crippen LogP contribution in [-0.2, 0) is 6.54 Å². The van der Waals surface area contributed by atoms with Gasteiger partial charge in [-0.05, 0) is 82.7 Å². The van der Waals surface area contributed by atoms with Gasteiger partial charge in [0.05, 0.1) is 6.54 Å². The molecule has 0 N–H and O–H groups in total. The second-order valence-electron chi connectivity index (χ2n) is 12.1. The van der Waals surface area contributed by atoms with E-state index in [9.17, 15) is 0 Å². The number of hydrogen-bond donors (Lipinski definition) is 0. The van der Waals surface area contributed by atoms with Crippen molar-refractivity contribution in [1.29, 1.82) is 0 Å². The van der Waals surface area contributed by atoms with Crippen LogP contribution >= 0.6 is 0 Å². The fourth-order valence-electron chi connectivity index (χ4n) is 6.65. The molecule has 9 aromatic rings. The van der Waals surface area contributed by atoms with E-state index in [2.05, 4.69) is 96.6 Å². The van der Waals surface area contributed by atoms with Crippen LogP contribution in [0.2, 0.25) is 0 Å². The molecule has 0 bridgehead atoms. The van der Waals surface area contributed by atoms with E-state index < -0.39 is 0 Å². The Hall–Kier alpha value is -6.59. The van der Waals surface area contributed by atoms with Crippen molar-refractivity contribution in [1.82, 2.24) is 0 Å². The van der Waals surface area contributed by atoms with Crippen LogP contribution < -0.4 is 0 Å². The molecule has 0 radical (unpaired) electrons. The molecule has 49 heavy (non-hydrogen) atoms. The summed E-state index contributed by atoms with van der Waals surface area (Å²) in [6.07, 6.45) is 0. The van der Waals surface area contributed by atoms with Gasteiger partial charge in [-0.25, -0.2) is 9.98 Å². The summed E-state index contributed by atoms with van der Waals surface area (Å²) in [5.41, 5.74) is 8.04. The molecular formula is C44H29N3O2. The van der Waals surface area contributed by atoms with E-state index in [0.717, 1.165) is 71.7 Å². The van der Waals surface area contributed by atoms with Crippen molar-refractivity contribution in [2.45, 2.75) is 6.54 Å². The first-order valence-corrected chi connectivity index (χ1v) is 16.2. The second-order valence-corrected chi connectivity index (χ2v) is 12.1. The monoisotopic (exact) mass is 631 g/mol. The molecule has 2 heterocycles. The summed E-state index contributed by atoms with van der Waals surface area (Å²) in [6, 6.07) is 51.5. The molecule has 0 amide bonds. The van der Waals surface area contributed by atoms with Crippen LogP contribution in [0.3, 0.4) is 0 Å². The average molecular weight is 632 g/mol. The van der Waals surface area contributed by atoms with Gasteiger partial charge < -0.3 is 8.83 Å². The highest BCUT2D eigenvalue weighted by atomic mass is 16.3. The zero-order valence-electron chi connectivity index (χ0n) is 26.5. The third-order valence-corrected chi connectivity index (χ3v) is 9.05. The Kier molecular flexibility index (Phi) is 6.95. The molecule has 0 spiro atoms. The lowest BCUT2D eigenvalue weighted by atomic mass is 9.96. The largest absolute Gasteiger partial charge is 0.456 e. The number of hydrogen-bond acceptors (Lipinski definition) is 3. The Bertz CT molecular complexity index is 2770. The van der Waals surface area contributed by atoms with Gasteiger partial charge >= 0.3 is 0 Å². The van der Waals surface area contributed by atoms with Crippen molar-refractivity contribution in [3.8, 4) is 11.1 Å². The Morgan fingerprint density at radius 1 is 0.510 bits per heavy atom. The number of aliphatic imine (C=N–C) groups is 3. The third kappa shape index (κ3) is 5.18. The van der Waals surface area contributed by atoms with Gasteiger partial charge in [0.1, 0.15) is 22.3 Å². The number of para-hydroxylation sites is 2. The predicted molar refractivity (Wildman–Crippen MR) is 203 cm³/mol. The van der Waals surface area contributed by atoms with Gasteiger partial charge in [0.2, 0.25) is 0 Å². The average Bonchev–Trinajstić information content (AvgIpc) is 3.73. The minimum atomic E-state index is 0.454. The third-order valence-electron chi connectivity index (χ3n) is 9.05. The highest BCUT2D eigenvalue weighted by Gasteiger charge is 2.19. The lowest BCUT2D eigenvalue weighted by molar-refractivity contribution is 0.668. The summed E-state index contributed by atoms with van der Waals surface area (Å²) in [5.74, 6) is 1.01. The molecule has 0 aliphatic heterocycles. The quantitative estimate of drug-likeness (QED) is 0.140. The van der Waals surface area contributed by atoms with E-state index in [1.165, 1.54) is 10.8 Å². The molecule has 2 aromatic heterocycles. The Balaban J connectivity index is 1.26. The van der Waals surface area contributed by atoms with Crippen molar-refractivity contribution < 1.29 is 8.83 Å². The molecule has 5 nitrogen and oxygen atoms in total. The smallest absolute Gasteiger partial charge is 0.161 e. The van der Waals surface area contributed by atoms with Crippen molar-refractivity contribution in [2.75, 3.05) is 0 Å². The van der Waals surface area contributed by atoms with Gasteiger partial charge in [-0.2, -0.15) is 0 Å². The fraction of sp³-hybridized carbons (Fsp3) is 0.0227. The SMILES string of the molecule is C=NC(=NC(=NCc1ccccc1)c1ccc2oc3ccccc3c2c1)c1cc(-c2ccc3ccccc3c2)cc2oc3ccccc3c12. The van der Waals surface area contributed by atoms with Gasteiger partial charge in [-0.15, -0.1) is 0 Å². The summed E-state index contributed by atoms with van der Waals surface area (Å²) in [5, 5.41) is 6.33. The van der Waals surface area contributed by atoms with Crippen LogP contribution in [0.1, 0.15) is 16.7 Å². The van der Waals surface area contributed by atoms with Crippen LogP contribution in [0.5, 0.6) is 0 Å². The molecule has 5 heteroatoms. The van der Waals surface area contributed by atoms with Crippen LogP contribution in [0.25, 0.3) is 65.8 Å². The highest BCUT2D eigenvalue weighted by Crippen LogP contribution is 2.37. The summed E-state index contributed by atoms with van der Waals surface area (Å²) in [4.78, 5) is 14.8. The van der Waals surface area contributed by atoms with E-state index in [4.69, 9.17) is 18.8 Å². The number of benzene rings is 7. The van der Waals surface area contributed by atoms with E-state index >= 15 is 0 Å². The van der Waals surface area contributed by atoms with Crippen molar-refractivity contribution in [3.63, 3.8) is 0 Å². The molecule has 0 unspecified atom stereocenters. The second kappa shape index (κ2) is 11.9. The van der Waals surface area contributed by atoms with Gasteiger partial charge in [-0.3, -0.25) is 4.99 Å². The van der Waals surface area contributed by atoms with Crippen LogP contribution in [0.15, 0.2) is 175 Å². The zero-order chi connectivity index (χ0) is 32.7. The minimum Gasteiger partial charge on any atom is -0.456 e. The molecule has 0 saturated heterocycles. The topological polar surface area (TPSA) is 63.4 Å². The van der Waals surface area contributed by atoms with E-state index in [0.29, 0.717) is 18.2 Å². The maximum Gasteiger partial charge on any atom is 0.161 e. The fourth-order valence-corrected chi connectivity index (χ4v) is 6.65. The number of fused-ring (bicyclic) bond motifs is 7. The number of furan rings is 2. The number of amidine groups is 2. The molecule has 9 rings (SSSR count). The normalized spacial score (nSPS) is 12.5. The van der Waals surface area contributed by atoms with Gasteiger partial charge in [0.15, 0.2) is 11.7 Å². The molecule has 0 saturated carbocycles. The Morgan fingerprint density at radius 3 is 2.04 bits per heavy atom. The molecule has 232 valence electrons. The summed E-state index contributed by atoms with van der Waals surface area (Å²) < 4.78 is 12.6. The summed E-state index contributed by atoms with van der Waals surface area (Å²) in [7, 11) is 0. The molecule has 0 atom stereocenters.